The van der Waals surface area contributed by atoms with Crippen LogP contribution < -0.4 is 11.5 Å². The molecule has 3 nitrogen and oxygen atoms in total. The summed E-state index contributed by atoms with van der Waals surface area (Å²) < 4.78 is 0. The zero-order chi connectivity index (χ0) is 9.14. The van der Waals surface area contributed by atoms with Crippen molar-refractivity contribution in [3.63, 3.8) is 0 Å². The van der Waals surface area contributed by atoms with Crippen molar-refractivity contribution in [3.8, 4) is 0 Å². The highest BCUT2D eigenvalue weighted by Crippen LogP contribution is 2.17. The molecule has 0 amide bonds. The summed E-state index contributed by atoms with van der Waals surface area (Å²) >= 11 is 0. The van der Waals surface area contributed by atoms with Gasteiger partial charge in [-0.25, -0.2) is 0 Å². The van der Waals surface area contributed by atoms with E-state index in [0.717, 1.165) is 11.4 Å². The molecular weight excluding hydrogens is 150 g/mol. The van der Waals surface area contributed by atoms with Crippen LogP contribution in [0, 0.1) is 5.92 Å². The van der Waals surface area contributed by atoms with Gasteiger partial charge in [0.1, 0.15) is 0 Å². The first-order valence-electron chi connectivity index (χ1n) is 4.08. The Morgan fingerprint density at radius 2 is 2.08 bits per heavy atom. The number of rotatable bonds is 2. The Morgan fingerprint density at radius 3 is 2.58 bits per heavy atom. The van der Waals surface area contributed by atoms with Gasteiger partial charge in [-0.1, -0.05) is 13.8 Å². The summed E-state index contributed by atoms with van der Waals surface area (Å²) in [5.41, 5.74) is 13.1. The predicted octanol–water partition coefficient (Wildman–Crippen LogP) is 1.32. The SMILES string of the molecule is CC(C)[C@H](N)c1cc(N)ccn1. The molecule has 1 rings (SSSR count). The summed E-state index contributed by atoms with van der Waals surface area (Å²) in [4.78, 5) is 4.16. The van der Waals surface area contributed by atoms with Crippen LogP contribution in [0.1, 0.15) is 25.6 Å². The highest BCUT2D eigenvalue weighted by atomic mass is 14.8. The van der Waals surface area contributed by atoms with E-state index < -0.39 is 0 Å². The van der Waals surface area contributed by atoms with Gasteiger partial charge in [0.05, 0.1) is 5.69 Å². The number of nitrogens with two attached hydrogens (primary N) is 2. The Hall–Kier alpha value is -1.09. The number of anilines is 1. The summed E-state index contributed by atoms with van der Waals surface area (Å²) in [5.74, 6) is 0.388. The zero-order valence-corrected chi connectivity index (χ0v) is 7.49. The molecular formula is C9H15N3. The summed E-state index contributed by atoms with van der Waals surface area (Å²) in [6.07, 6.45) is 1.69. The molecule has 0 unspecified atom stereocenters. The third kappa shape index (κ3) is 1.95. The Morgan fingerprint density at radius 1 is 1.42 bits per heavy atom. The lowest BCUT2D eigenvalue weighted by Crippen LogP contribution is -2.18. The first-order chi connectivity index (χ1) is 5.61. The molecule has 4 N–H and O–H groups in total. The summed E-state index contributed by atoms with van der Waals surface area (Å²) in [5, 5.41) is 0. The summed E-state index contributed by atoms with van der Waals surface area (Å²) in [6.45, 7) is 4.13. The molecule has 0 aliphatic heterocycles. The Bertz CT molecular complexity index is 258. The van der Waals surface area contributed by atoms with Crippen LogP contribution in [0.2, 0.25) is 0 Å². The van der Waals surface area contributed by atoms with Crippen LogP contribution >= 0.6 is 0 Å². The third-order valence-electron chi connectivity index (χ3n) is 1.86. The quantitative estimate of drug-likeness (QED) is 0.694. The van der Waals surface area contributed by atoms with Crippen LogP contribution in [-0.4, -0.2) is 4.98 Å². The van der Waals surface area contributed by atoms with Gasteiger partial charge in [-0.05, 0) is 18.1 Å². The minimum Gasteiger partial charge on any atom is -0.399 e. The van der Waals surface area contributed by atoms with E-state index in [1.165, 1.54) is 0 Å². The summed E-state index contributed by atoms with van der Waals surface area (Å²) in [7, 11) is 0. The van der Waals surface area contributed by atoms with Crippen molar-refractivity contribution in [2.75, 3.05) is 5.73 Å². The molecule has 66 valence electrons. The van der Waals surface area contributed by atoms with Crippen molar-refractivity contribution in [2.45, 2.75) is 19.9 Å². The molecule has 12 heavy (non-hydrogen) atoms. The molecule has 1 atom stereocenters. The monoisotopic (exact) mass is 165 g/mol. The molecule has 0 fully saturated rings. The average Bonchev–Trinajstić information content (AvgIpc) is 2.03. The third-order valence-corrected chi connectivity index (χ3v) is 1.86. The van der Waals surface area contributed by atoms with Gasteiger partial charge in [0.2, 0.25) is 0 Å². The number of nitrogens with zero attached hydrogens (tertiary/aromatic N) is 1. The fraction of sp³-hybridized carbons (Fsp3) is 0.444. The van der Waals surface area contributed by atoms with Crippen molar-refractivity contribution in [1.29, 1.82) is 0 Å². The van der Waals surface area contributed by atoms with Gasteiger partial charge in [-0.3, -0.25) is 4.98 Å². The maximum atomic E-state index is 5.89. The molecule has 0 aliphatic rings. The first kappa shape index (κ1) is 9.00. The Kier molecular flexibility index (Phi) is 2.65. The predicted molar refractivity (Wildman–Crippen MR) is 50.4 cm³/mol. The second-order valence-corrected chi connectivity index (χ2v) is 3.28. The maximum absolute atomic E-state index is 5.89. The van der Waals surface area contributed by atoms with E-state index in [1.54, 1.807) is 12.3 Å². The van der Waals surface area contributed by atoms with Crippen molar-refractivity contribution >= 4 is 5.69 Å². The Balaban J connectivity index is 2.88. The van der Waals surface area contributed by atoms with Crippen molar-refractivity contribution < 1.29 is 0 Å². The molecule has 0 radical (unpaired) electrons. The van der Waals surface area contributed by atoms with Gasteiger partial charge >= 0.3 is 0 Å². The van der Waals surface area contributed by atoms with E-state index in [1.807, 2.05) is 6.07 Å². The highest BCUT2D eigenvalue weighted by Gasteiger charge is 2.11. The van der Waals surface area contributed by atoms with Crippen LogP contribution in [-0.2, 0) is 0 Å². The smallest absolute Gasteiger partial charge is 0.0594 e. The molecule has 1 aromatic heterocycles. The molecule has 1 heterocycles. The van der Waals surface area contributed by atoms with Crippen molar-refractivity contribution in [1.82, 2.24) is 4.98 Å². The molecule has 0 spiro atoms. The van der Waals surface area contributed by atoms with E-state index in [0.29, 0.717) is 5.92 Å². The number of hydrogen-bond acceptors (Lipinski definition) is 3. The van der Waals surface area contributed by atoms with Crippen molar-refractivity contribution in [3.05, 3.63) is 24.0 Å². The topological polar surface area (TPSA) is 64.9 Å². The second kappa shape index (κ2) is 3.54. The van der Waals surface area contributed by atoms with E-state index >= 15 is 0 Å². The zero-order valence-electron chi connectivity index (χ0n) is 7.49. The van der Waals surface area contributed by atoms with Crippen molar-refractivity contribution in [2.24, 2.45) is 11.7 Å². The van der Waals surface area contributed by atoms with Crippen LogP contribution in [0.25, 0.3) is 0 Å². The molecule has 3 heteroatoms. The normalized spacial score (nSPS) is 13.3. The van der Waals surface area contributed by atoms with Crippen LogP contribution in [0.4, 0.5) is 5.69 Å². The van der Waals surface area contributed by atoms with E-state index in [4.69, 9.17) is 11.5 Å². The maximum Gasteiger partial charge on any atom is 0.0594 e. The number of nitrogen functional groups attached to an aromatic ring is 1. The number of hydrogen-bond donors (Lipinski definition) is 2. The molecule has 0 saturated heterocycles. The number of pyridine rings is 1. The molecule has 0 bridgehead atoms. The minimum atomic E-state index is -0.0199. The lowest BCUT2D eigenvalue weighted by atomic mass is 10.0. The molecule has 0 aliphatic carbocycles. The highest BCUT2D eigenvalue weighted by molar-refractivity contribution is 5.38. The summed E-state index contributed by atoms with van der Waals surface area (Å²) in [6, 6.07) is 3.56. The van der Waals surface area contributed by atoms with Gasteiger partial charge in [-0.15, -0.1) is 0 Å². The molecule has 0 saturated carbocycles. The van der Waals surface area contributed by atoms with E-state index in [9.17, 15) is 0 Å². The standard InChI is InChI=1S/C9H15N3/c1-6(2)9(11)8-5-7(10)3-4-12-8/h3-6,9H,11H2,1-2H3,(H2,10,12)/t9-/m0/s1. The van der Waals surface area contributed by atoms with Gasteiger partial charge in [-0.2, -0.15) is 0 Å². The van der Waals surface area contributed by atoms with Crippen LogP contribution in [0.15, 0.2) is 18.3 Å². The fourth-order valence-corrected chi connectivity index (χ4v) is 0.989. The Labute approximate surface area is 72.8 Å². The lowest BCUT2D eigenvalue weighted by Gasteiger charge is -2.14. The fourth-order valence-electron chi connectivity index (χ4n) is 0.989. The van der Waals surface area contributed by atoms with Gasteiger partial charge in [0, 0.05) is 17.9 Å². The minimum absolute atomic E-state index is 0.0199. The van der Waals surface area contributed by atoms with Gasteiger partial charge in [0.25, 0.3) is 0 Å². The first-order valence-corrected chi connectivity index (χ1v) is 4.08. The molecule has 0 aromatic carbocycles. The largest absolute Gasteiger partial charge is 0.399 e. The molecule has 1 aromatic rings. The van der Waals surface area contributed by atoms with Gasteiger partial charge < -0.3 is 11.5 Å². The number of aromatic nitrogens is 1. The van der Waals surface area contributed by atoms with Crippen LogP contribution in [0.3, 0.4) is 0 Å². The lowest BCUT2D eigenvalue weighted by molar-refractivity contribution is 0.503. The van der Waals surface area contributed by atoms with Gasteiger partial charge in [0.15, 0.2) is 0 Å². The van der Waals surface area contributed by atoms with Crippen LogP contribution in [0.5, 0.6) is 0 Å². The average molecular weight is 165 g/mol. The van der Waals surface area contributed by atoms with E-state index in [2.05, 4.69) is 18.8 Å². The second-order valence-electron chi connectivity index (χ2n) is 3.28. The van der Waals surface area contributed by atoms with E-state index in [-0.39, 0.29) is 6.04 Å².